The molecule has 2 aliphatic rings. The number of carbonyl (C=O) groups excluding carboxylic acids is 1. The quantitative estimate of drug-likeness (QED) is 0.609. The number of thiophene rings is 1. The average Bonchev–Trinajstić information content (AvgIpc) is 3.24. The molecule has 0 aliphatic carbocycles. The third-order valence-corrected chi connectivity index (χ3v) is 6.92. The summed E-state index contributed by atoms with van der Waals surface area (Å²) in [7, 11) is -3.76. The fourth-order valence-electron chi connectivity index (χ4n) is 2.36. The number of hydrogen-bond acceptors (Lipinski definition) is 7. The van der Waals surface area contributed by atoms with Crippen LogP contribution in [0.25, 0.3) is 6.08 Å². The van der Waals surface area contributed by atoms with Gasteiger partial charge in [0.15, 0.2) is 10.2 Å². The summed E-state index contributed by atoms with van der Waals surface area (Å²) in [6, 6.07) is 10.2. The molecular weight excluding hydrogens is 398 g/mol. The zero-order valence-corrected chi connectivity index (χ0v) is 15.6. The molecule has 0 saturated carbocycles. The Kier molecular flexibility index (Phi) is 3.99. The minimum absolute atomic E-state index is 0.0873. The molecule has 0 radical (unpaired) electrons. The Morgan fingerprint density at radius 1 is 1.20 bits per heavy atom. The number of hydrazine groups is 1. The highest BCUT2D eigenvalue weighted by Gasteiger charge is 2.36. The summed E-state index contributed by atoms with van der Waals surface area (Å²) in [5.41, 5.74) is 3.17. The molecule has 2 aromatic rings. The summed E-state index contributed by atoms with van der Waals surface area (Å²) >= 11 is 7.91. The molecule has 25 heavy (non-hydrogen) atoms. The predicted molar refractivity (Wildman–Crippen MR) is 103 cm³/mol. The molecule has 0 atom stereocenters. The molecule has 4 rings (SSSR count). The number of benzene rings is 1. The highest BCUT2D eigenvalue weighted by molar-refractivity contribution is 8.26. The largest absolute Gasteiger partial charge is 0.285 e. The molecular formula is C15H9N3O3S4. The maximum absolute atomic E-state index is 12.6. The van der Waals surface area contributed by atoms with Crippen molar-refractivity contribution < 1.29 is 13.2 Å². The Hall–Kier alpha value is -2.01. The summed E-state index contributed by atoms with van der Waals surface area (Å²) in [4.78, 5) is 14.1. The molecule has 0 spiro atoms. The SMILES string of the molecule is O=C1/C(=C\c2cccs2)SC(=S)N1NC1=NS(=O)(=O)c2ccccc21. The van der Waals surface area contributed by atoms with E-state index in [1.165, 1.54) is 17.4 Å². The first-order chi connectivity index (χ1) is 12.0. The summed E-state index contributed by atoms with van der Waals surface area (Å²) < 4.78 is 28.2. The van der Waals surface area contributed by atoms with Crippen LogP contribution in [-0.4, -0.2) is 29.5 Å². The number of rotatable bonds is 2. The van der Waals surface area contributed by atoms with Crippen molar-refractivity contribution in [3.63, 3.8) is 0 Å². The van der Waals surface area contributed by atoms with Crippen molar-refractivity contribution in [1.82, 2.24) is 10.4 Å². The monoisotopic (exact) mass is 407 g/mol. The van der Waals surface area contributed by atoms with Crippen molar-refractivity contribution in [3.05, 3.63) is 57.1 Å². The van der Waals surface area contributed by atoms with Crippen LogP contribution in [-0.2, 0) is 14.8 Å². The van der Waals surface area contributed by atoms with Gasteiger partial charge in [-0.05, 0) is 41.9 Å². The van der Waals surface area contributed by atoms with Crippen molar-refractivity contribution in [3.8, 4) is 0 Å². The van der Waals surface area contributed by atoms with Crippen LogP contribution < -0.4 is 5.43 Å². The van der Waals surface area contributed by atoms with Gasteiger partial charge >= 0.3 is 0 Å². The first kappa shape index (κ1) is 16.5. The van der Waals surface area contributed by atoms with Gasteiger partial charge in [0.2, 0.25) is 0 Å². The van der Waals surface area contributed by atoms with Crippen molar-refractivity contribution in [1.29, 1.82) is 0 Å². The Balaban J connectivity index is 1.64. The van der Waals surface area contributed by atoms with Gasteiger partial charge < -0.3 is 0 Å². The number of hydrogen-bond donors (Lipinski definition) is 1. The minimum atomic E-state index is -3.76. The normalized spacial score (nSPS) is 20.1. The molecule has 1 aromatic heterocycles. The molecule has 3 heterocycles. The Labute approximate surface area is 157 Å². The predicted octanol–water partition coefficient (Wildman–Crippen LogP) is 2.60. The molecule has 0 unspecified atom stereocenters. The summed E-state index contributed by atoms with van der Waals surface area (Å²) in [5, 5.41) is 3.07. The van der Waals surface area contributed by atoms with Crippen LogP contribution in [0.5, 0.6) is 0 Å². The van der Waals surface area contributed by atoms with Crippen molar-refractivity contribution in [2.75, 3.05) is 0 Å². The average molecular weight is 408 g/mol. The van der Waals surface area contributed by atoms with E-state index in [0.717, 1.165) is 21.6 Å². The van der Waals surface area contributed by atoms with Crippen LogP contribution in [0.2, 0.25) is 0 Å². The number of sulfonamides is 1. The number of nitrogens with zero attached hydrogens (tertiary/aromatic N) is 2. The standard InChI is InChI=1S/C15H9N3O3S4/c19-14-11(8-9-4-3-7-23-9)24-15(22)18(14)16-13-10-5-1-2-6-12(10)25(20,21)17-13/h1-8H,(H,16,17)/b11-8+. The van der Waals surface area contributed by atoms with E-state index in [4.69, 9.17) is 12.2 Å². The van der Waals surface area contributed by atoms with Crippen LogP contribution >= 0.6 is 35.3 Å². The second-order valence-electron chi connectivity index (χ2n) is 5.06. The Morgan fingerprint density at radius 3 is 2.76 bits per heavy atom. The number of fused-ring (bicyclic) bond motifs is 1. The fourth-order valence-corrected chi connectivity index (χ4v) is 5.43. The number of amidine groups is 1. The van der Waals surface area contributed by atoms with E-state index in [0.29, 0.717) is 10.5 Å². The zero-order chi connectivity index (χ0) is 17.6. The van der Waals surface area contributed by atoms with E-state index >= 15 is 0 Å². The third-order valence-electron chi connectivity index (χ3n) is 3.46. The smallest absolute Gasteiger partial charge is 0.272 e. The lowest BCUT2D eigenvalue weighted by molar-refractivity contribution is -0.123. The number of thioether (sulfide) groups is 1. The van der Waals surface area contributed by atoms with E-state index < -0.39 is 10.0 Å². The van der Waals surface area contributed by atoms with Gasteiger partial charge in [0.05, 0.1) is 4.91 Å². The number of carbonyl (C=O) groups is 1. The Bertz CT molecular complexity index is 1060. The lowest BCUT2D eigenvalue weighted by Gasteiger charge is -2.16. The molecule has 2 aliphatic heterocycles. The fraction of sp³-hybridized carbons (Fsp3) is 0. The minimum Gasteiger partial charge on any atom is -0.272 e. The van der Waals surface area contributed by atoms with Crippen molar-refractivity contribution >= 4 is 67.5 Å². The molecule has 6 nitrogen and oxygen atoms in total. The van der Waals surface area contributed by atoms with E-state index in [1.54, 1.807) is 24.3 Å². The van der Waals surface area contributed by atoms with Crippen LogP contribution in [0.1, 0.15) is 10.4 Å². The molecule has 126 valence electrons. The Morgan fingerprint density at radius 2 is 2.00 bits per heavy atom. The second kappa shape index (κ2) is 6.06. The number of thiocarbonyl (C=S) groups is 1. The van der Waals surface area contributed by atoms with Gasteiger partial charge in [0.25, 0.3) is 15.9 Å². The molecule has 1 N–H and O–H groups in total. The lowest BCUT2D eigenvalue weighted by atomic mass is 10.2. The highest BCUT2D eigenvalue weighted by Crippen LogP contribution is 2.33. The summed E-state index contributed by atoms with van der Waals surface area (Å²) in [6.07, 6.45) is 1.76. The van der Waals surface area contributed by atoms with Gasteiger partial charge in [-0.3, -0.25) is 10.2 Å². The first-order valence-corrected chi connectivity index (χ1v) is 10.5. The maximum atomic E-state index is 12.6. The molecule has 1 saturated heterocycles. The second-order valence-corrected chi connectivity index (χ2v) is 9.28. The summed E-state index contributed by atoms with van der Waals surface area (Å²) in [5.74, 6) is -0.253. The lowest BCUT2D eigenvalue weighted by Crippen LogP contribution is -2.44. The molecule has 10 heteroatoms. The first-order valence-electron chi connectivity index (χ1n) is 6.98. The van der Waals surface area contributed by atoms with Crippen LogP contribution in [0.15, 0.2) is 56.0 Å². The van der Waals surface area contributed by atoms with Gasteiger partial charge in [-0.1, -0.05) is 30.0 Å². The third kappa shape index (κ3) is 2.91. The van der Waals surface area contributed by atoms with Gasteiger partial charge in [0, 0.05) is 10.4 Å². The molecule has 1 aromatic carbocycles. The number of nitrogens with one attached hydrogen (secondary N) is 1. The van der Waals surface area contributed by atoms with Crippen LogP contribution in [0, 0.1) is 0 Å². The highest BCUT2D eigenvalue weighted by atomic mass is 32.2. The molecule has 1 fully saturated rings. The maximum Gasteiger partial charge on any atom is 0.285 e. The van der Waals surface area contributed by atoms with E-state index in [9.17, 15) is 13.2 Å². The van der Waals surface area contributed by atoms with Gasteiger partial charge in [-0.25, -0.2) is 0 Å². The van der Waals surface area contributed by atoms with Crippen LogP contribution in [0.3, 0.4) is 0 Å². The van der Waals surface area contributed by atoms with E-state index in [-0.39, 0.29) is 21.0 Å². The molecule has 0 bridgehead atoms. The summed E-state index contributed by atoms with van der Waals surface area (Å²) in [6.45, 7) is 0. The van der Waals surface area contributed by atoms with Gasteiger partial charge in [0.1, 0.15) is 4.90 Å². The number of amides is 1. The topological polar surface area (TPSA) is 78.8 Å². The van der Waals surface area contributed by atoms with E-state index in [2.05, 4.69) is 9.82 Å². The van der Waals surface area contributed by atoms with Crippen molar-refractivity contribution in [2.24, 2.45) is 4.40 Å². The van der Waals surface area contributed by atoms with Crippen molar-refractivity contribution in [2.45, 2.75) is 4.90 Å². The van der Waals surface area contributed by atoms with Crippen LogP contribution in [0.4, 0.5) is 0 Å². The zero-order valence-electron chi connectivity index (χ0n) is 12.4. The van der Waals surface area contributed by atoms with Gasteiger partial charge in [-0.2, -0.15) is 13.4 Å². The van der Waals surface area contributed by atoms with E-state index in [1.807, 2.05) is 17.5 Å². The van der Waals surface area contributed by atoms with Gasteiger partial charge in [-0.15, -0.1) is 15.7 Å². The molecule has 1 amide bonds.